The first kappa shape index (κ1) is 18.2. The van der Waals surface area contributed by atoms with Crippen molar-refractivity contribution in [1.82, 2.24) is 4.31 Å². The molecule has 0 heterocycles. The molecular formula is C18H22N2O3S. The fourth-order valence-electron chi connectivity index (χ4n) is 2.34. The molecule has 2 rings (SSSR count). The molecular weight excluding hydrogens is 324 g/mol. The molecule has 0 aliphatic rings. The monoisotopic (exact) mass is 346 g/mol. The molecule has 0 aromatic heterocycles. The highest BCUT2D eigenvalue weighted by molar-refractivity contribution is 7.88. The highest BCUT2D eigenvalue weighted by atomic mass is 32.2. The van der Waals surface area contributed by atoms with Crippen molar-refractivity contribution in [2.75, 3.05) is 24.7 Å². The van der Waals surface area contributed by atoms with E-state index in [1.54, 1.807) is 6.07 Å². The first-order valence-electron chi connectivity index (χ1n) is 7.70. The topological polar surface area (TPSA) is 66.5 Å². The van der Waals surface area contributed by atoms with Crippen molar-refractivity contribution in [3.63, 3.8) is 0 Å². The quantitative estimate of drug-likeness (QED) is 0.837. The van der Waals surface area contributed by atoms with E-state index in [9.17, 15) is 13.2 Å². The van der Waals surface area contributed by atoms with Crippen LogP contribution in [0.25, 0.3) is 0 Å². The number of anilines is 1. The number of carbonyl (C=O) groups excluding carboxylic acids is 1. The Morgan fingerprint density at radius 2 is 1.79 bits per heavy atom. The second-order valence-corrected chi connectivity index (χ2v) is 7.73. The van der Waals surface area contributed by atoms with Gasteiger partial charge in [0.15, 0.2) is 0 Å². The van der Waals surface area contributed by atoms with E-state index < -0.39 is 10.0 Å². The molecule has 0 bridgehead atoms. The van der Waals surface area contributed by atoms with Crippen LogP contribution in [0, 0.1) is 6.92 Å². The minimum absolute atomic E-state index is 0.195. The number of amides is 1. The Morgan fingerprint density at radius 3 is 2.42 bits per heavy atom. The summed E-state index contributed by atoms with van der Waals surface area (Å²) >= 11 is 0. The number of carbonyl (C=O) groups is 1. The Labute approximate surface area is 143 Å². The molecule has 2 aromatic carbocycles. The summed E-state index contributed by atoms with van der Waals surface area (Å²) in [6.07, 6.45) is 1.68. The van der Waals surface area contributed by atoms with E-state index in [0.717, 1.165) is 17.4 Å². The van der Waals surface area contributed by atoms with E-state index >= 15 is 0 Å². The smallest absolute Gasteiger partial charge is 0.239 e. The molecule has 6 heteroatoms. The lowest BCUT2D eigenvalue weighted by Crippen LogP contribution is -2.38. The molecule has 0 radical (unpaired) electrons. The van der Waals surface area contributed by atoms with Crippen LogP contribution in [0.15, 0.2) is 54.6 Å². The average molecular weight is 346 g/mol. The Hall–Kier alpha value is -2.18. The van der Waals surface area contributed by atoms with E-state index in [0.29, 0.717) is 12.1 Å². The van der Waals surface area contributed by atoms with Crippen LogP contribution >= 0.6 is 0 Å². The van der Waals surface area contributed by atoms with Gasteiger partial charge >= 0.3 is 0 Å². The van der Waals surface area contributed by atoms with Crippen LogP contribution in [0.4, 0.5) is 5.69 Å². The average Bonchev–Trinajstić information content (AvgIpc) is 2.51. The van der Waals surface area contributed by atoms with Gasteiger partial charge in [0.25, 0.3) is 0 Å². The van der Waals surface area contributed by atoms with Gasteiger partial charge < -0.3 is 5.32 Å². The molecule has 0 saturated heterocycles. The Balaban J connectivity index is 1.99. The number of sulfonamides is 1. The summed E-state index contributed by atoms with van der Waals surface area (Å²) in [5.74, 6) is -0.348. The molecule has 24 heavy (non-hydrogen) atoms. The standard InChI is InChI=1S/C18H22N2O3S/c1-15-7-6-10-17(13-15)19-18(21)14-20(24(2,22)23)12-11-16-8-4-3-5-9-16/h3-10,13H,11-12,14H2,1-2H3,(H,19,21). The highest BCUT2D eigenvalue weighted by Crippen LogP contribution is 2.10. The van der Waals surface area contributed by atoms with Crippen molar-refractivity contribution < 1.29 is 13.2 Å². The Kier molecular flexibility index (Phi) is 6.11. The molecule has 0 fully saturated rings. The summed E-state index contributed by atoms with van der Waals surface area (Å²) in [7, 11) is -3.46. The second-order valence-electron chi connectivity index (χ2n) is 5.75. The number of hydrogen-bond donors (Lipinski definition) is 1. The van der Waals surface area contributed by atoms with Crippen LogP contribution in [0.5, 0.6) is 0 Å². The normalized spacial score (nSPS) is 11.5. The first-order chi connectivity index (χ1) is 11.3. The minimum Gasteiger partial charge on any atom is -0.325 e. The largest absolute Gasteiger partial charge is 0.325 e. The summed E-state index contributed by atoms with van der Waals surface area (Å²) in [4.78, 5) is 12.2. The molecule has 5 nitrogen and oxygen atoms in total. The number of nitrogens with one attached hydrogen (secondary N) is 1. The third-order valence-corrected chi connectivity index (χ3v) is 4.83. The van der Waals surface area contributed by atoms with E-state index in [2.05, 4.69) is 5.32 Å². The second kappa shape index (κ2) is 8.08. The van der Waals surface area contributed by atoms with E-state index in [-0.39, 0.29) is 19.0 Å². The lowest BCUT2D eigenvalue weighted by molar-refractivity contribution is -0.116. The summed E-state index contributed by atoms with van der Waals surface area (Å²) in [5.41, 5.74) is 2.72. The summed E-state index contributed by atoms with van der Waals surface area (Å²) < 4.78 is 25.1. The van der Waals surface area contributed by atoms with Gasteiger partial charge in [-0.25, -0.2) is 8.42 Å². The summed E-state index contributed by atoms with van der Waals surface area (Å²) in [5, 5.41) is 2.74. The SMILES string of the molecule is Cc1cccc(NC(=O)CN(CCc2ccccc2)S(C)(=O)=O)c1. The van der Waals surface area contributed by atoms with Crippen molar-refractivity contribution in [3.8, 4) is 0 Å². The third kappa shape index (κ3) is 5.79. The molecule has 0 saturated carbocycles. The molecule has 0 aliphatic heterocycles. The maximum Gasteiger partial charge on any atom is 0.239 e. The Bertz CT molecular complexity index is 789. The van der Waals surface area contributed by atoms with Crippen molar-refractivity contribution >= 4 is 21.6 Å². The van der Waals surface area contributed by atoms with Gasteiger partial charge in [0, 0.05) is 12.2 Å². The minimum atomic E-state index is -3.46. The van der Waals surface area contributed by atoms with E-state index in [1.807, 2.05) is 55.5 Å². The Morgan fingerprint density at radius 1 is 1.08 bits per heavy atom. The van der Waals surface area contributed by atoms with Gasteiger partial charge in [0.1, 0.15) is 0 Å². The van der Waals surface area contributed by atoms with Gasteiger partial charge in [-0.3, -0.25) is 4.79 Å². The van der Waals surface area contributed by atoms with Gasteiger partial charge in [-0.15, -0.1) is 0 Å². The van der Waals surface area contributed by atoms with Crippen LogP contribution in [-0.4, -0.2) is 38.0 Å². The molecule has 0 atom stereocenters. The zero-order chi connectivity index (χ0) is 17.6. The maximum absolute atomic E-state index is 12.2. The fourth-order valence-corrected chi connectivity index (χ4v) is 3.12. The lowest BCUT2D eigenvalue weighted by Gasteiger charge is -2.19. The van der Waals surface area contributed by atoms with Crippen molar-refractivity contribution in [3.05, 3.63) is 65.7 Å². The number of nitrogens with zero attached hydrogens (tertiary/aromatic N) is 1. The molecule has 2 aromatic rings. The van der Waals surface area contributed by atoms with Gasteiger partial charge in [-0.1, -0.05) is 42.5 Å². The number of rotatable bonds is 7. The molecule has 128 valence electrons. The molecule has 0 unspecified atom stereocenters. The van der Waals surface area contributed by atoms with Gasteiger partial charge in [-0.05, 0) is 36.6 Å². The molecule has 1 amide bonds. The van der Waals surface area contributed by atoms with Crippen molar-refractivity contribution in [1.29, 1.82) is 0 Å². The van der Waals surface area contributed by atoms with Gasteiger partial charge in [-0.2, -0.15) is 4.31 Å². The van der Waals surface area contributed by atoms with Crippen LogP contribution in [-0.2, 0) is 21.2 Å². The zero-order valence-corrected chi connectivity index (χ0v) is 14.7. The van der Waals surface area contributed by atoms with E-state index in [1.165, 1.54) is 4.31 Å². The van der Waals surface area contributed by atoms with Gasteiger partial charge in [0.2, 0.25) is 15.9 Å². The van der Waals surface area contributed by atoms with Crippen LogP contribution in [0.3, 0.4) is 0 Å². The fraction of sp³-hybridized carbons (Fsp3) is 0.278. The first-order valence-corrected chi connectivity index (χ1v) is 9.55. The van der Waals surface area contributed by atoms with Crippen LogP contribution < -0.4 is 5.32 Å². The van der Waals surface area contributed by atoms with Crippen LogP contribution in [0.1, 0.15) is 11.1 Å². The molecule has 0 spiro atoms. The predicted octanol–water partition coefficient (Wildman–Crippen LogP) is 2.44. The van der Waals surface area contributed by atoms with Crippen molar-refractivity contribution in [2.24, 2.45) is 0 Å². The number of benzene rings is 2. The maximum atomic E-state index is 12.2. The van der Waals surface area contributed by atoms with Crippen LogP contribution in [0.2, 0.25) is 0 Å². The zero-order valence-electron chi connectivity index (χ0n) is 13.9. The predicted molar refractivity (Wildman–Crippen MR) is 96.4 cm³/mol. The van der Waals surface area contributed by atoms with E-state index in [4.69, 9.17) is 0 Å². The number of hydrogen-bond acceptors (Lipinski definition) is 3. The molecule has 1 N–H and O–H groups in total. The summed E-state index contributed by atoms with van der Waals surface area (Å²) in [6, 6.07) is 17.0. The molecule has 0 aliphatic carbocycles. The summed E-state index contributed by atoms with van der Waals surface area (Å²) in [6.45, 7) is 2.00. The third-order valence-electron chi connectivity index (χ3n) is 3.58. The number of aryl methyl sites for hydroxylation is 1. The van der Waals surface area contributed by atoms with Crippen molar-refractivity contribution in [2.45, 2.75) is 13.3 Å². The highest BCUT2D eigenvalue weighted by Gasteiger charge is 2.20. The lowest BCUT2D eigenvalue weighted by atomic mass is 10.1. The van der Waals surface area contributed by atoms with Gasteiger partial charge in [0.05, 0.1) is 12.8 Å².